The number of carbonyl (C=O) groups excluding carboxylic acids is 1. The minimum atomic E-state index is -0.161. The summed E-state index contributed by atoms with van der Waals surface area (Å²) in [5, 5.41) is 2.89. The van der Waals surface area contributed by atoms with E-state index in [2.05, 4.69) is 23.3 Å². The van der Waals surface area contributed by atoms with E-state index in [4.69, 9.17) is 0 Å². The summed E-state index contributed by atoms with van der Waals surface area (Å²) < 4.78 is 0. The Labute approximate surface area is 146 Å². The van der Waals surface area contributed by atoms with Crippen LogP contribution >= 0.6 is 11.3 Å². The maximum atomic E-state index is 12.5. The minimum Gasteiger partial charge on any atom is -0.322 e. The molecular weight excluding hydrogens is 316 g/mol. The van der Waals surface area contributed by atoms with Gasteiger partial charge in [-0.25, -0.2) is 0 Å². The topological polar surface area (TPSA) is 41.5 Å². The van der Waals surface area contributed by atoms with Gasteiger partial charge in [0.2, 0.25) is 0 Å². The molecule has 0 aliphatic heterocycles. The summed E-state index contributed by atoms with van der Waals surface area (Å²) >= 11 is 1.67. The van der Waals surface area contributed by atoms with Crippen molar-refractivity contribution in [3.8, 4) is 0 Å². The molecule has 3 aromatic rings. The van der Waals surface area contributed by atoms with E-state index in [1.165, 1.54) is 4.88 Å². The zero-order chi connectivity index (χ0) is 16.1. The molecular formula is C20H20N2OS. The second-order valence-corrected chi connectivity index (χ2v) is 6.36. The van der Waals surface area contributed by atoms with Crippen molar-refractivity contribution in [3.63, 3.8) is 0 Å². The van der Waals surface area contributed by atoms with Crippen LogP contribution < -0.4 is 5.32 Å². The molecule has 0 unspecified atom stereocenters. The van der Waals surface area contributed by atoms with Gasteiger partial charge in [0.1, 0.15) is 0 Å². The molecule has 0 bridgehead atoms. The third-order valence-corrected chi connectivity index (χ3v) is 4.21. The summed E-state index contributed by atoms with van der Waals surface area (Å²) in [6.45, 7) is 2.06. The number of anilines is 1. The van der Waals surface area contributed by atoms with Gasteiger partial charge in [0, 0.05) is 21.7 Å². The molecule has 0 aliphatic carbocycles. The highest BCUT2D eigenvalue weighted by Gasteiger charge is 2.10. The quantitative estimate of drug-likeness (QED) is 0.610. The average Bonchev–Trinajstić information content (AvgIpc) is 2.99. The van der Waals surface area contributed by atoms with Gasteiger partial charge in [0.25, 0.3) is 5.91 Å². The van der Waals surface area contributed by atoms with Crippen LogP contribution in [0.5, 0.6) is 0 Å². The maximum absolute atomic E-state index is 12.5. The van der Waals surface area contributed by atoms with Crippen LogP contribution in [-0.4, -0.2) is 12.1 Å². The summed E-state index contributed by atoms with van der Waals surface area (Å²) in [6, 6.07) is 20.8. The van der Waals surface area contributed by atoms with E-state index in [0.717, 1.165) is 10.6 Å². The first-order valence-corrected chi connectivity index (χ1v) is 8.10. The van der Waals surface area contributed by atoms with E-state index >= 15 is 0 Å². The first-order chi connectivity index (χ1) is 11.2. The number of nitrogens with zero attached hydrogens (tertiary/aromatic N) is 1. The van der Waals surface area contributed by atoms with Gasteiger partial charge in [0.15, 0.2) is 0 Å². The highest BCUT2D eigenvalue weighted by Crippen LogP contribution is 2.21. The van der Waals surface area contributed by atoms with Gasteiger partial charge in [-0.3, -0.25) is 9.79 Å². The van der Waals surface area contributed by atoms with Crippen molar-refractivity contribution in [3.05, 3.63) is 82.0 Å². The lowest BCUT2D eigenvalue weighted by molar-refractivity contribution is 0.102. The van der Waals surface area contributed by atoms with Gasteiger partial charge in [-0.15, -0.1) is 11.3 Å². The van der Waals surface area contributed by atoms with Gasteiger partial charge in [0.05, 0.1) is 11.3 Å². The molecule has 1 amide bonds. The van der Waals surface area contributed by atoms with Gasteiger partial charge in [-0.1, -0.05) is 37.8 Å². The van der Waals surface area contributed by atoms with Crippen LogP contribution in [0.4, 0.5) is 11.4 Å². The number of carbonyl (C=O) groups is 1. The normalized spacial score (nSPS) is 10.4. The Morgan fingerprint density at radius 1 is 1.00 bits per heavy atom. The number of hydrogen-bond acceptors (Lipinski definition) is 3. The summed E-state index contributed by atoms with van der Waals surface area (Å²) in [5.41, 5.74) is 1.98. The molecule has 0 aliphatic rings. The van der Waals surface area contributed by atoms with Crippen LogP contribution in [0, 0.1) is 6.92 Å². The molecule has 0 saturated heterocycles. The van der Waals surface area contributed by atoms with Crippen LogP contribution in [0.15, 0.2) is 71.7 Å². The largest absolute Gasteiger partial charge is 0.322 e. The minimum absolute atomic E-state index is 0. The lowest BCUT2D eigenvalue weighted by Gasteiger charge is -2.07. The zero-order valence-corrected chi connectivity index (χ0v) is 13.5. The molecule has 0 spiro atoms. The first kappa shape index (κ1) is 17.6. The maximum Gasteiger partial charge on any atom is 0.257 e. The molecule has 1 aromatic heterocycles. The van der Waals surface area contributed by atoms with Crippen LogP contribution in [-0.2, 0) is 0 Å². The number of benzene rings is 2. The van der Waals surface area contributed by atoms with Gasteiger partial charge < -0.3 is 5.32 Å². The third-order valence-electron chi connectivity index (χ3n) is 3.27. The number of amides is 1. The Bertz CT molecular complexity index is 838. The average molecular weight is 336 g/mol. The van der Waals surface area contributed by atoms with E-state index in [1.54, 1.807) is 23.6 Å². The van der Waals surface area contributed by atoms with Crippen molar-refractivity contribution in [2.75, 3.05) is 5.32 Å². The Kier molecular flexibility index (Phi) is 6.04. The molecule has 0 fully saturated rings. The Balaban J connectivity index is 0.00000208. The van der Waals surface area contributed by atoms with Crippen molar-refractivity contribution < 1.29 is 4.79 Å². The predicted octanol–water partition coefficient (Wildman–Crippen LogP) is 5.70. The lowest BCUT2D eigenvalue weighted by Crippen LogP contribution is -2.11. The fourth-order valence-corrected chi connectivity index (χ4v) is 2.90. The van der Waals surface area contributed by atoms with E-state index in [1.807, 2.05) is 54.6 Å². The van der Waals surface area contributed by atoms with Crippen LogP contribution in [0.25, 0.3) is 0 Å². The molecule has 4 heteroatoms. The molecule has 0 saturated carbocycles. The smallest absolute Gasteiger partial charge is 0.257 e. The highest BCUT2D eigenvalue weighted by molar-refractivity contribution is 7.13. The second kappa shape index (κ2) is 8.22. The molecule has 1 heterocycles. The van der Waals surface area contributed by atoms with Crippen LogP contribution in [0.1, 0.15) is 27.5 Å². The molecule has 2 aromatic carbocycles. The lowest BCUT2D eigenvalue weighted by atomic mass is 10.1. The summed E-state index contributed by atoms with van der Waals surface area (Å²) in [5.74, 6) is -0.161. The SMILES string of the molecule is C.Cc1ccc(C=Nc2ccccc2C(=O)Nc2ccccc2)s1. The summed E-state index contributed by atoms with van der Waals surface area (Å²) in [7, 11) is 0. The number of para-hydroxylation sites is 2. The highest BCUT2D eigenvalue weighted by atomic mass is 32.1. The third kappa shape index (κ3) is 4.40. The van der Waals surface area contributed by atoms with Gasteiger partial charge in [-0.05, 0) is 43.3 Å². The number of thiophene rings is 1. The van der Waals surface area contributed by atoms with Crippen molar-refractivity contribution in [1.29, 1.82) is 0 Å². The van der Waals surface area contributed by atoms with Gasteiger partial charge in [-0.2, -0.15) is 0 Å². The Hall–Kier alpha value is -2.72. The van der Waals surface area contributed by atoms with Crippen molar-refractivity contribution in [2.45, 2.75) is 14.4 Å². The van der Waals surface area contributed by atoms with Crippen molar-refractivity contribution >= 4 is 34.8 Å². The van der Waals surface area contributed by atoms with Crippen molar-refractivity contribution in [1.82, 2.24) is 0 Å². The second-order valence-electron chi connectivity index (χ2n) is 5.04. The first-order valence-electron chi connectivity index (χ1n) is 7.28. The Morgan fingerprint density at radius 2 is 1.71 bits per heavy atom. The predicted molar refractivity (Wildman–Crippen MR) is 104 cm³/mol. The molecule has 0 atom stereocenters. The zero-order valence-electron chi connectivity index (χ0n) is 12.7. The number of aliphatic imine (C=N–C) groups is 1. The molecule has 3 nitrogen and oxygen atoms in total. The van der Waals surface area contributed by atoms with E-state index in [9.17, 15) is 4.79 Å². The van der Waals surface area contributed by atoms with Crippen molar-refractivity contribution in [2.24, 2.45) is 4.99 Å². The van der Waals surface area contributed by atoms with Crippen LogP contribution in [0.2, 0.25) is 0 Å². The number of aryl methyl sites for hydroxylation is 1. The van der Waals surface area contributed by atoms with E-state index < -0.39 is 0 Å². The molecule has 1 N–H and O–H groups in total. The number of rotatable bonds is 4. The summed E-state index contributed by atoms with van der Waals surface area (Å²) in [6.07, 6.45) is 1.80. The number of nitrogens with one attached hydrogen (secondary N) is 1. The van der Waals surface area contributed by atoms with E-state index in [0.29, 0.717) is 11.3 Å². The van der Waals surface area contributed by atoms with Crippen LogP contribution in [0.3, 0.4) is 0 Å². The molecule has 122 valence electrons. The monoisotopic (exact) mass is 336 g/mol. The van der Waals surface area contributed by atoms with E-state index in [-0.39, 0.29) is 13.3 Å². The number of hydrogen-bond donors (Lipinski definition) is 1. The fraction of sp³-hybridized carbons (Fsp3) is 0.100. The summed E-state index contributed by atoms with van der Waals surface area (Å²) in [4.78, 5) is 19.3. The molecule has 3 rings (SSSR count). The molecule has 0 radical (unpaired) electrons. The standard InChI is InChI=1S/C19H16N2OS.CH4/c1-14-11-12-16(23-14)13-20-18-10-6-5-9-17(18)19(22)21-15-7-3-2-4-8-15;/h2-13H,1H3,(H,21,22);1H4. The fourth-order valence-electron chi connectivity index (χ4n) is 2.15. The Morgan fingerprint density at radius 3 is 2.42 bits per heavy atom. The van der Waals surface area contributed by atoms with Gasteiger partial charge >= 0.3 is 0 Å². The molecule has 24 heavy (non-hydrogen) atoms.